The number of benzene rings is 2. The van der Waals surface area contributed by atoms with Gasteiger partial charge in [-0.3, -0.25) is 9.78 Å². The normalized spacial score (nSPS) is 17.9. The third-order valence-electron chi connectivity index (χ3n) is 9.09. The number of pyridine rings is 1. The van der Waals surface area contributed by atoms with E-state index in [1.165, 1.54) is 11.9 Å². The number of aromatic nitrogens is 1. The number of ether oxygens (including phenoxy) is 2. The minimum Gasteiger partial charge on any atom is -0.490 e. The number of hydrogen-bond acceptors (Lipinski definition) is 9. The largest absolute Gasteiger partial charge is 0.490 e. The number of carbonyl (C=O) groups is 1. The third kappa shape index (κ3) is 8.50. The Labute approximate surface area is 280 Å². The van der Waals surface area contributed by atoms with Crippen LogP contribution in [0, 0.1) is 6.92 Å². The number of halogens is 1. The van der Waals surface area contributed by atoms with Crippen molar-refractivity contribution in [3.05, 3.63) is 82.1 Å². The molecule has 0 spiro atoms. The van der Waals surface area contributed by atoms with Gasteiger partial charge in [0.1, 0.15) is 24.1 Å². The summed E-state index contributed by atoms with van der Waals surface area (Å²) in [4.78, 5) is 18.2. The van der Waals surface area contributed by atoms with Crippen molar-refractivity contribution in [1.29, 1.82) is 0 Å². The summed E-state index contributed by atoms with van der Waals surface area (Å²) in [6.07, 6.45) is 2.69. The van der Waals surface area contributed by atoms with Crippen molar-refractivity contribution in [2.24, 2.45) is 0 Å². The zero-order chi connectivity index (χ0) is 33.7. The first-order chi connectivity index (χ1) is 22.5. The molecule has 1 heterocycles. The summed E-state index contributed by atoms with van der Waals surface area (Å²) in [5.74, 6) is 0.102. The molecule has 1 aromatic heterocycles. The Kier molecular flexibility index (Phi) is 11.6. The van der Waals surface area contributed by atoms with E-state index in [1.54, 1.807) is 0 Å². The molecule has 2 aliphatic rings. The van der Waals surface area contributed by atoms with Crippen LogP contribution in [0.2, 0.25) is 5.02 Å². The Bertz CT molecular complexity index is 1530. The highest BCUT2D eigenvalue weighted by atomic mass is 35.5. The van der Waals surface area contributed by atoms with Gasteiger partial charge < -0.3 is 39.9 Å². The summed E-state index contributed by atoms with van der Waals surface area (Å²) < 4.78 is 12.8. The number of amides is 1. The van der Waals surface area contributed by atoms with Crippen LogP contribution in [0.5, 0.6) is 5.75 Å². The van der Waals surface area contributed by atoms with Gasteiger partial charge in [-0.2, -0.15) is 0 Å². The maximum absolute atomic E-state index is 12.5. The average Bonchev–Trinajstić information content (AvgIpc) is 4.03. The monoisotopic (exact) mass is 668 g/mol. The highest BCUT2D eigenvalue weighted by Gasteiger charge is 2.48. The number of aryl methyl sites for hydroxylation is 2. The molecule has 2 aliphatic carbocycles. The van der Waals surface area contributed by atoms with Gasteiger partial charge in [-0.05, 0) is 92.3 Å². The van der Waals surface area contributed by atoms with Crippen molar-refractivity contribution >= 4 is 17.5 Å². The van der Waals surface area contributed by atoms with Gasteiger partial charge in [-0.25, -0.2) is 0 Å². The van der Waals surface area contributed by atoms with E-state index in [2.05, 4.69) is 17.1 Å². The van der Waals surface area contributed by atoms with Crippen molar-refractivity contribution < 1.29 is 39.8 Å². The summed E-state index contributed by atoms with van der Waals surface area (Å²) >= 11 is 6.76. The molecule has 2 saturated carbocycles. The topological polar surface area (TPSA) is 153 Å². The van der Waals surface area contributed by atoms with Crippen LogP contribution in [0.1, 0.15) is 60.8 Å². The molecule has 11 heteroatoms. The second-order valence-electron chi connectivity index (χ2n) is 12.8. The predicted molar refractivity (Wildman–Crippen MR) is 177 cm³/mol. The summed E-state index contributed by atoms with van der Waals surface area (Å²) in [7, 11) is 1.49. The molecule has 0 saturated heterocycles. The number of rotatable bonds is 17. The molecule has 2 fully saturated rings. The maximum Gasteiger partial charge on any atom is 0.253 e. The fourth-order valence-electron chi connectivity index (χ4n) is 5.80. The Morgan fingerprint density at radius 3 is 2.49 bits per heavy atom. The van der Waals surface area contributed by atoms with Crippen molar-refractivity contribution in [2.75, 3.05) is 20.2 Å². The molecule has 0 aliphatic heterocycles. The number of nitrogens with zero attached hydrogens (tertiary/aromatic N) is 2. The minimum atomic E-state index is -1.93. The number of hydrogen-bond donors (Lipinski definition) is 5. The van der Waals surface area contributed by atoms with E-state index in [9.17, 15) is 25.2 Å². The average molecular weight is 669 g/mol. The first-order valence-corrected chi connectivity index (χ1v) is 16.6. The van der Waals surface area contributed by atoms with Crippen LogP contribution in [0.3, 0.4) is 0 Å². The molecule has 3 aromatic rings. The van der Waals surface area contributed by atoms with Gasteiger partial charge in [0, 0.05) is 42.1 Å². The molecule has 0 radical (unpaired) electrons. The van der Waals surface area contributed by atoms with Crippen molar-refractivity contribution in [1.82, 2.24) is 9.88 Å². The van der Waals surface area contributed by atoms with Gasteiger partial charge in [-0.1, -0.05) is 35.9 Å². The lowest BCUT2D eigenvalue weighted by Crippen LogP contribution is -2.52. The minimum absolute atomic E-state index is 0.293. The van der Waals surface area contributed by atoms with E-state index in [0.717, 1.165) is 77.7 Å². The first kappa shape index (κ1) is 35.2. The second kappa shape index (κ2) is 15.4. The number of aliphatic hydroxyl groups is 5. The molecule has 4 atom stereocenters. The lowest BCUT2D eigenvalue weighted by molar-refractivity contribution is -0.157. The molecular formula is C36H45ClN2O8. The van der Waals surface area contributed by atoms with Gasteiger partial charge in [0.25, 0.3) is 5.91 Å². The molecule has 5 rings (SSSR count). The van der Waals surface area contributed by atoms with Crippen LogP contribution in [0.25, 0.3) is 11.1 Å². The predicted octanol–water partition coefficient (Wildman–Crippen LogP) is 3.67. The van der Waals surface area contributed by atoms with E-state index < -0.39 is 42.5 Å². The smallest absolute Gasteiger partial charge is 0.253 e. The Morgan fingerprint density at radius 1 is 1.04 bits per heavy atom. The van der Waals surface area contributed by atoms with Gasteiger partial charge >= 0.3 is 0 Å². The lowest BCUT2D eigenvalue weighted by atomic mass is 9.96. The number of likely N-dealkylation sites (N-methyl/N-ethyl adjacent to an activating group) is 1. The van der Waals surface area contributed by atoms with Crippen LogP contribution in [0.4, 0.5) is 0 Å². The van der Waals surface area contributed by atoms with Crippen molar-refractivity contribution in [3.63, 3.8) is 0 Å². The fourth-order valence-corrected chi connectivity index (χ4v) is 6.04. The Morgan fingerprint density at radius 2 is 1.79 bits per heavy atom. The van der Waals surface area contributed by atoms with Crippen LogP contribution in [-0.2, 0) is 28.2 Å². The summed E-state index contributed by atoms with van der Waals surface area (Å²) in [5.41, 5.74) is 5.83. The molecular weight excluding hydrogens is 624 g/mol. The van der Waals surface area contributed by atoms with E-state index in [1.807, 2.05) is 49.6 Å². The van der Waals surface area contributed by atoms with Crippen molar-refractivity contribution in [2.45, 2.75) is 94.6 Å². The number of para-hydroxylation sites is 1. The van der Waals surface area contributed by atoms with E-state index in [-0.39, 0.29) is 0 Å². The molecule has 2 aromatic carbocycles. The summed E-state index contributed by atoms with van der Waals surface area (Å²) in [6, 6.07) is 14.2. The van der Waals surface area contributed by atoms with Gasteiger partial charge in [0.15, 0.2) is 6.10 Å². The SMILES string of the molecule is Cc1cc(COC2(c3cnccc3-c3ccccc3OC3CC3)CC2)c(Cl)cc1CCCCN(C)C(=O)[C@H](O)[C@H](O)[C@@H](O)[C@H](O)CO. The quantitative estimate of drug-likeness (QED) is 0.136. The van der Waals surface area contributed by atoms with Gasteiger partial charge in [0.2, 0.25) is 0 Å². The molecule has 254 valence electrons. The molecule has 5 N–H and O–H groups in total. The number of aliphatic hydroxyl groups excluding tert-OH is 5. The number of carbonyl (C=O) groups excluding carboxylic acids is 1. The Hall–Kier alpha value is -3.09. The van der Waals surface area contributed by atoms with E-state index in [4.69, 9.17) is 26.2 Å². The standard InChI is InChI=1S/C36H45ClN2O8/c1-22-17-24(29(37)18-23(22)7-5-6-16-39(2)35(45)34(44)33(43)32(42)30(41)20-40)21-46-36(13-14-36)28-19-38-15-12-26(28)27-8-3-4-9-31(27)47-25-10-11-25/h3-4,8-9,12,15,17-19,25,30,32-34,40-44H,5-7,10-11,13-14,16,20-21H2,1-2H3/t30-,32+,33-,34-/m1/s1. The van der Waals surface area contributed by atoms with Crippen LogP contribution < -0.4 is 4.74 Å². The molecule has 0 unspecified atom stereocenters. The van der Waals surface area contributed by atoms with E-state index >= 15 is 0 Å². The maximum atomic E-state index is 12.5. The molecule has 0 bridgehead atoms. The van der Waals surface area contributed by atoms with E-state index in [0.29, 0.717) is 30.7 Å². The highest BCUT2D eigenvalue weighted by Crippen LogP contribution is 2.53. The third-order valence-corrected chi connectivity index (χ3v) is 9.45. The van der Waals surface area contributed by atoms with Gasteiger partial charge in [-0.15, -0.1) is 0 Å². The molecule has 1 amide bonds. The molecule has 47 heavy (non-hydrogen) atoms. The highest BCUT2D eigenvalue weighted by molar-refractivity contribution is 6.31. The second-order valence-corrected chi connectivity index (χ2v) is 13.2. The van der Waals surface area contributed by atoms with Crippen LogP contribution in [-0.4, -0.2) is 92.0 Å². The lowest BCUT2D eigenvalue weighted by Gasteiger charge is -2.28. The zero-order valence-corrected chi connectivity index (χ0v) is 27.6. The van der Waals surface area contributed by atoms with Crippen LogP contribution in [0.15, 0.2) is 54.9 Å². The van der Waals surface area contributed by atoms with Gasteiger partial charge in [0.05, 0.1) is 24.9 Å². The first-order valence-electron chi connectivity index (χ1n) is 16.2. The zero-order valence-electron chi connectivity index (χ0n) is 26.9. The van der Waals surface area contributed by atoms with Crippen LogP contribution >= 0.6 is 11.6 Å². The van der Waals surface area contributed by atoms with Crippen molar-refractivity contribution in [3.8, 4) is 16.9 Å². The Balaban J connectivity index is 1.16. The number of unbranched alkanes of at least 4 members (excludes halogenated alkanes) is 1. The molecule has 10 nitrogen and oxygen atoms in total. The fraction of sp³-hybridized carbons (Fsp3) is 0.500. The summed E-state index contributed by atoms with van der Waals surface area (Å²) in [5, 5.41) is 49.0. The summed E-state index contributed by atoms with van der Waals surface area (Å²) in [6.45, 7) is 1.90.